The largest absolute Gasteiger partial charge is 0.514 e. The third-order valence-corrected chi connectivity index (χ3v) is 2.07. The molecule has 0 aliphatic heterocycles. The van der Waals surface area contributed by atoms with Gasteiger partial charge in [0.2, 0.25) is 0 Å². The summed E-state index contributed by atoms with van der Waals surface area (Å²) in [5.41, 5.74) is 2.59. The normalized spacial score (nSPS) is 9.76. The van der Waals surface area contributed by atoms with E-state index in [9.17, 15) is 9.82 Å². The molecule has 1 rings (SSSR count). The van der Waals surface area contributed by atoms with Gasteiger partial charge in [0.05, 0.1) is 6.61 Å². The zero-order chi connectivity index (χ0) is 12.5. The Bertz CT molecular complexity index is 334. The summed E-state index contributed by atoms with van der Waals surface area (Å²) in [5, 5.41) is 9.55. The fourth-order valence-corrected chi connectivity index (χ4v) is 1.13. The van der Waals surface area contributed by atoms with Crippen molar-refractivity contribution in [1.29, 1.82) is 0 Å². The van der Waals surface area contributed by atoms with E-state index >= 15 is 0 Å². The van der Waals surface area contributed by atoms with Crippen LogP contribution in [-0.4, -0.2) is 24.8 Å². The van der Waals surface area contributed by atoms with Crippen molar-refractivity contribution in [3.8, 4) is 0 Å². The molecule has 0 aromatic heterocycles. The first kappa shape index (κ1) is 13.5. The molecule has 0 bridgehead atoms. The highest BCUT2D eigenvalue weighted by Crippen LogP contribution is 1.90. The summed E-state index contributed by atoms with van der Waals surface area (Å²) in [6, 6.07) is 8.73. The van der Waals surface area contributed by atoms with Crippen molar-refractivity contribution in [3.63, 3.8) is 0 Å². The quantitative estimate of drug-likeness (QED) is 0.437. The average molecular weight is 237 g/mol. The van der Waals surface area contributed by atoms with E-state index in [1.54, 1.807) is 24.3 Å². The number of amides is 1. The molecule has 0 aliphatic rings. The maximum atomic E-state index is 11.1. The Morgan fingerprint density at radius 2 is 2.12 bits per heavy atom. The smallest absolute Gasteiger partial charge is 0.448 e. The van der Waals surface area contributed by atoms with Crippen LogP contribution in [0.5, 0.6) is 0 Å². The molecule has 0 atom stereocenters. The topological polar surface area (TPSA) is 67.8 Å². The van der Waals surface area contributed by atoms with Crippen LogP contribution >= 0.6 is 0 Å². The number of carbonyl (C=O) groups is 1. The van der Waals surface area contributed by atoms with Crippen LogP contribution in [0.25, 0.3) is 0 Å². The summed E-state index contributed by atoms with van der Waals surface area (Å²) in [6.07, 6.45) is 1.04. The van der Waals surface area contributed by atoms with Gasteiger partial charge in [0.25, 0.3) is 0 Å². The second-order valence-electron chi connectivity index (χ2n) is 3.47. The standard InChI is InChI=1S/C11H16BNO4/c1-2-3-9-16-11(14)13-17-12(15)10-7-5-4-6-8-10/h4-8,15H,2-3,9H2,1H3,(H,13,14). The molecule has 17 heavy (non-hydrogen) atoms. The van der Waals surface area contributed by atoms with Crippen LogP contribution in [0.15, 0.2) is 30.3 Å². The summed E-state index contributed by atoms with van der Waals surface area (Å²) in [4.78, 5) is 11.1. The van der Waals surface area contributed by atoms with Crippen LogP contribution in [0.4, 0.5) is 4.79 Å². The van der Waals surface area contributed by atoms with Crippen LogP contribution in [0.1, 0.15) is 19.8 Å². The molecule has 0 heterocycles. The first-order valence-corrected chi connectivity index (χ1v) is 5.55. The minimum atomic E-state index is -1.20. The minimum absolute atomic E-state index is 0.340. The van der Waals surface area contributed by atoms with E-state index in [-0.39, 0.29) is 0 Å². The molecule has 1 amide bonds. The van der Waals surface area contributed by atoms with Crippen molar-refractivity contribution in [2.75, 3.05) is 6.61 Å². The van der Waals surface area contributed by atoms with E-state index in [0.717, 1.165) is 12.8 Å². The molecule has 0 aliphatic carbocycles. The lowest BCUT2D eigenvalue weighted by molar-refractivity contribution is 0.0908. The first-order valence-electron chi connectivity index (χ1n) is 5.55. The van der Waals surface area contributed by atoms with Crippen LogP contribution in [0, 0.1) is 0 Å². The van der Waals surface area contributed by atoms with Gasteiger partial charge >= 0.3 is 13.2 Å². The molecule has 0 fully saturated rings. The number of unbranched alkanes of at least 4 members (excludes halogenated alkanes) is 1. The number of hydrogen-bond acceptors (Lipinski definition) is 4. The van der Waals surface area contributed by atoms with Gasteiger partial charge in [0.1, 0.15) is 0 Å². The second-order valence-corrected chi connectivity index (χ2v) is 3.47. The van der Waals surface area contributed by atoms with E-state index < -0.39 is 13.2 Å². The summed E-state index contributed by atoms with van der Waals surface area (Å²) in [7, 11) is -1.20. The molecule has 0 saturated heterocycles. The van der Waals surface area contributed by atoms with Crippen molar-refractivity contribution < 1.29 is 19.3 Å². The molecule has 0 radical (unpaired) electrons. The number of hydrogen-bond donors (Lipinski definition) is 2. The Morgan fingerprint density at radius 1 is 1.41 bits per heavy atom. The highest BCUT2D eigenvalue weighted by atomic mass is 16.7. The SMILES string of the molecule is CCCCOC(=O)NOB(O)c1ccccc1. The Balaban J connectivity index is 2.24. The zero-order valence-corrected chi connectivity index (χ0v) is 9.76. The number of rotatable bonds is 6. The van der Waals surface area contributed by atoms with E-state index in [1.807, 2.05) is 18.5 Å². The molecular formula is C11H16BNO4. The molecule has 0 unspecified atom stereocenters. The molecule has 92 valence electrons. The van der Waals surface area contributed by atoms with E-state index in [4.69, 9.17) is 9.49 Å². The molecule has 6 heteroatoms. The van der Waals surface area contributed by atoms with Crippen LogP contribution in [0.2, 0.25) is 0 Å². The Labute approximate surface area is 101 Å². The Kier molecular flexibility index (Phi) is 6.13. The van der Waals surface area contributed by atoms with E-state index in [2.05, 4.69) is 0 Å². The van der Waals surface area contributed by atoms with Gasteiger partial charge < -0.3 is 9.76 Å². The predicted molar refractivity (Wildman–Crippen MR) is 64.5 cm³/mol. The van der Waals surface area contributed by atoms with Crippen LogP contribution in [-0.2, 0) is 9.49 Å². The van der Waals surface area contributed by atoms with Crippen molar-refractivity contribution in [3.05, 3.63) is 30.3 Å². The monoisotopic (exact) mass is 237 g/mol. The van der Waals surface area contributed by atoms with Gasteiger partial charge in [-0.3, -0.25) is 4.76 Å². The maximum absolute atomic E-state index is 11.1. The second kappa shape index (κ2) is 7.70. The van der Waals surface area contributed by atoms with E-state index in [1.165, 1.54) is 0 Å². The molecule has 1 aromatic carbocycles. The Hall–Kier alpha value is -1.53. The number of carbonyl (C=O) groups excluding carboxylic acids is 1. The summed E-state index contributed by atoms with van der Waals surface area (Å²) < 4.78 is 9.53. The first-order chi connectivity index (χ1) is 8.24. The van der Waals surface area contributed by atoms with Crippen molar-refractivity contribution in [1.82, 2.24) is 5.48 Å². The lowest BCUT2D eigenvalue weighted by Gasteiger charge is -2.09. The van der Waals surface area contributed by atoms with Gasteiger partial charge in [-0.15, -0.1) is 0 Å². The van der Waals surface area contributed by atoms with Gasteiger partial charge in [0, 0.05) is 0 Å². The van der Waals surface area contributed by atoms with Crippen molar-refractivity contribution in [2.24, 2.45) is 0 Å². The molecule has 5 nitrogen and oxygen atoms in total. The minimum Gasteiger partial charge on any atom is -0.448 e. The number of hydroxylamine groups is 1. The van der Waals surface area contributed by atoms with Gasteiger partial charge in [-0.2, -0.15) is 0 Å². The number of ether oxygens (including phenoxy) is 1. The molecular weight excluding hydrogens is 221 g/mol. The summed E-state index contributed by atoms with van der Waals surface area (Å²) in [6.45, 7) is 2.34. The summed E-state index contributed by atoms with van der Waals surface area (Å²) >= 11 is 0. The highest BCUT2D eigenvalue weighted by molar-refractivity contribution is 6.59. The van der Waals surface area contributed by atoms with Gasteiger partial charge in [-0.25, -0.2) is 10.3 Å². The fraction of sp³-hybridized carbons (Fsp3) is 0.364. The predicted octanol–water partition coefficient (Wildman–Crippen LogP) is 0.832. The fourth-order valence-electron chi connectivity index (χ4n) is 1.13. The van der Waals surface area contributed by atoms with E-state index in [0.29, 0.717) is 12.1 Å². The Morgan fingerprint density at radius 3 is 2.76 bits per heavy atom. The van der Waals surface area contributed by atoms with Crippen molar-refractivity contribution in [2.45, 2.75) is 19.8 Å². The van der Waals surface area contributed by atoms with Crippen LogP contribution in [0.3, 0.4) is 0 Å². The molecule has 2 N–H and O–H groups in total. The highest BCUT2D eigenvalue weighted by Gasteiger charge is 2.17. The maximum Gasteiger partial charge on any atom is 0.514 e. The van der Waals surface area contributed by atoms with Crippen molar-refractivity contribution >= 4 is 18.7 Å². The van der Waals surface area contributed by atoms with Crippen LogP contribution < -0.4 is 10.9 Å². The molecule has 1 aromatic rings. The lowest BCUT2D eigenvalue weighted by atomic mass is 9.80. The molecule has 0 saturated carbocycles. The number of nitrogens with one attached hydrogen (secondary N) is 1. The average Bonchev–Trinajstić information content (AvgIpc) is 2.37. The van der Waals surface area contributed by atoms with Gasteiger partial charge in [-0.1, -0.05) is 43.7 Å². The van der Waals surface area contributed by atoms with Gasteiger partial charge in [0.15, 0.2) is 0 Å². The third kappa shape index (κ3) is 5.37. The molecule has 0 spiro atoms. The number of benzene rings is 1. The summed E-state index contributed by atoms with van der Waals surface area (Å²) in [5.74, 6) is 0. The lowest BCUT2D eigenvalue weighted by Crippen LogP contribution is -2.40. The van der Waals surface area contributed by atoms with Gasteiger partial charge in [-0.05, 0) is 11.9 Å². The zero-order valence-electron chi connectivity index (χ0n) is 9.76. The third-order valence-electron chi connectivity index (χ3n) is 2.07.